The van der Waals surface area contributed by atoms with Gasteiger partial charge < -0.3 is 19.1 Å². The molecule has 0 spiro atoms. The van der Waals surface area contributed by atoms with E-state index in [1.54, 1.807) is 12.1 Å². The number of benzene rings is 8. The summed E-state index contributed by atoms with van der Waals surface area (Å²) in [5.41, 5.74) is 19.0. The molecule has 0 amide bonds. The maximum absolute atomic E-state index is 15.0. The number of para-hydroxylation sites is 3. The Morgan fingerprint density at radius 3 is 1.64 bits per heavy atom. The van der Waals surface area contributed by atoms with Crippen molar-refractivity contribution < 1.29 is 30.2 Å². The van der Waals surface area contributed by atoms with Gasteiger partial charge in [0.2, 0.25) is 0 Å². The molecule has 0 radical (unpaired) electrons. The fourth-order valence-corrected chi connectivity index (χ4v) is 11.2. The summed E-state index contributed by atoms with van der Waals surface area (Å²) in [5, 5.41) is 2.18. The molecule has 10 aromatic rings. The molecule has 1 aliphatic heterocycles. The van der Waals surface area contributed by atoms with Crippen molar-refractivity contribution in [1.29, 1.82) is 0 Å². The number of anilines is 4. The molecule has 428 valence electrons. The van der Waals surface area contributed by atoms with E-state index in [1.807, 2.05) is 24.4 Å². The second-order valence-electron chi connectivity index (χ2n) is 27.3. The molecule has 0 N–H and O–H groups in total. The summed E-state index contributed by atoms with van der Waals surface area (Å²) in [4.78, 5) is 9.55. The minimum atomic E-state index is -0.271. The smallest absolute Gasteiger partial charge is 0.135 e. The first-order valence-electron chi connectivity index (χ1n) is 29.2. The quantitative estimate of drug-likeness (QED) is 0.128. The maximum atomic E-state index is 15.0. The number of hydrogen-bond acceptors (Lipinski definition) is 4. The summed E-state index contributed by atoms with van der Waals surface area (Å²) in [6.45, 7) is 38.5. The third-order valence-electron chi connectivity index (χ3n) is 16.3. The van der Waals surface area contributed by atoms with Crippen molar-refractivity contribution in [2.24, 2.45) is 0 Å². The third kappa shape index (κ3) is 11.7. The second kappa shape index (κ2) is 22.1. The Hall–Kier alpha value is -7.27. The van der Waals surface area contributed by atoms with Crippen molar-refractivity contribution in [1.82, 2.24) is 9.55 Å². The van der Waals surface area contributed by atoms with Gasteiger partial charge in [0.15, 0.2) is 0 Å². The molecule has 0 saturated carbocycles. The van der Waals surface area contributed by atoms with Crippen molar-refractivity contribution in [3.05, 3.63) is 222 Å². The molecule has 1 aliphatic rings. The first-order valence-corrected chi connectivity index (χ1v) is 29.2. The summed E-state index contributed by atoms with van der Waals surface area (Å²) in [6, 6.07) is 63.4. The largest absolute Gasteiger partial charge is 0.509 e. The van der Waals surface area contributed by atoms with Crippen LogP contribution >= 0.6 is 0 Å². The standard InChI is InChI=1S/C76H78FN4O.Pt/c1-47(2)50-33-51(48(3)4)35-54(34-50)66-42-58(76(14,15)16)41-65(49-25-27-59(77)28-26-49)72(66)80-46-79(68-23-19-20-24-69(68)80)60-38-53(52-36-56(74(8,9)10)40-57(37-52)75(11,12)13)39-62(44-60)82-61-29-30-64-63-21-17-18-22-67(63)81(70(64)45-61)71-43-55(31-32-78-71)73(5,6)7;/h17-43,46-48H,1-16H3;/q-3;. The van der Waals surface area contributed by atoms with Crippen LogP contribution in [0, 0.1) is 24.6 Å². The van der Waals surface area contributed by atoms with E-state index in [9.17, 15) is 4.39 Å². The summed E-state index contributed by atoms with van der Waals surface area (Å²) in [6.07, 6.45) is 1.91. The molecule has 0 bridgehead atoms. The molecular formula is C76H78FN4OPt-3. The average Bonchev–Trinajstić information content (AvgIpc) is 2.19. The maximum Gasteiger partial charge on any atom is 0.135 e. The van der Waals surface area contributed by atoms with Gasteiger partial charge in [-0.1, -0.05) is 195 Å². The average molecular weight is 1280 g/mol. The number of fused-ring (bicyclic) bond motifs is 4. The van der Waals surface area contributed by atoms with E-state index >= 15 is 0 Å². The van der Waals surface area contributed by atoms with E-state index in [2.05, 4.69) is 271 Å². The number of rotatable bonds is 10. The van der Waals surface area contributed by atoms with Crippen molar-refractivity contribution in [3.8, 4) is 50.7 Å². The minimum Gasteiger partial charge on any atom is -0.509 e. The van der Waals surface area contributed by atoms with E-state index in [0.717, 1.165) is 83.8 Å². The van der Waals surface area contributed by atoms with Crippen LogP contribution in [0.15, 0.2) is 164 Å². The predicted octanol–water partition coefficient (Wildman–Crippen LogP) is 21.6. The first kappa shape index (κ1) is 58.9. The molecule has 0 unspecified atom stereocenters. The van der Waals surface area contributed by atoms with Crippen LogP contribution in [0.2, 0.25) is 0 Å². The molecule has 83 heavy (non-hydrogen) atoms. The molecule has 3 heterocycles. The third-order valence-corrected chi connectivity index (χ3v) is 16.3. The first-order chi connectivity index (χ1) is 38.7. The van der Waals surface area contributed by atoms with Gasteiger partial charge in [0.1, 0.15) is 11.6 Å². The van der Waals surface area contributed by atoms with Gasteiger partial charge in [-0.3, -0.25) is 0 Å². The molecular weight excluding hydrogens is 1200 g/mol. The summed E-state index contributed by atoms with van der Waals surface area (Å²) >= 11 is 0. The van der Waals surface area contributed by atoms with E-state index in [0.29, 0.717) is 23.3 Å². The Morgan fingerprint density at radius 2 is 1.04 bits per heavy atom. The number of pyridine rings is 1. The van der Waals surface area contributed by atoms with Crippen LogP contribution in [0.4, 0.5) is 27.1 Å². The fourth-order valence-electron chi connectivity index (χ4n) is 11.2. The SMILES string of the molecule is CC(C)c1cc(-c2cc(C(C)(C)C)cc(-c3ccc(F)cc3)c2N2[CH-]N(c3[c-]c(Oc4[c-]c5c(cc4)c4ccccc4n5-c4cc(C(C)(C)C)ccn4)cc(-c4cc(C(C)(C)C)cc(C(C)(C)C)c4)c3)c3ccccc32)cc(C(C)C)c1.[Pt]. The summed E-state index contributed by atoms with van der Waals surface area (Å²) < 4.78 is 24.3. The molecule has 7 heteroatoms. The number of nitrogens with zero attached hydrogens (tertiary/aromatic N) is 4. The molecule has 0 saturated heterocycles. The van der Waals surface area contributed by atoms with E-state index < -0.39 is 0 Å². The van der Waals surface area contributed by atoms with Gasteiger partial charge in [-0.25, -0.2) is 9.37 Å². The fraction of sp³-hybridized carbons (Fsp3) is 0.289. The van der Waals surface area contributed by atoms with Crippen LogP contribution in [0.1, 0.15) is 156 Å². The van der Waals surface area contributed by atoms with Crippen molar-refractivity contribution >= 4 is 44.6 Å². The Balaban J connectivity index is 0.00000769. The summed E-state index contributed by atoms with van der Waals surface area (Å²) in [7, 11) is 0. The topological polar surface area (TPSA) is 33.5 Å². The Kier molecular flexibility index (Phi) is 15.6. The normalized spacial score (nSPS) is 13.1. The molecule has 0 aliphatic carbocycles. The van der Waals surface area contributed by atoms with Gasteiger partial charge in [0.25, 0.3) is 0 Å². The number of ether oxygens (including phenoxy) is 1. The molecule has 8 aromatic carbocycles. The number of halogens is 1. The van der Waals surface area contributed by atoms with Crippen molar-refractivity contribution in [2.75, 3.05) is 9.80 Å². The van der Waals surface area contributed by atoms with Crippen molar-refractivity contribution in [3.63, 3.8) is 0 Å². The zero-order valence-electron chi connectivity index (χ0n) is 51.2. The molecule has 11 rings (SSSR count). The zero-order valence-corrected chi connectivity index (χ0v) is 53.5. The van der Waals surface area contributed by atoms with Gasteiger partial charge in [0, 0.05) is 72.5 Å². The van der Waals surface area contributed by atoms with E-state index in [4.69, 9.17) is 9.72 Å². The van der Waals surface area contributed by atoms with Gasteiger partial charge >= 0.3 is 0 Å². The van der Waals surface area contributed by atoms with Crippen molar-refractivity contribution in [2.45, 2.75) is 144 Å². The van der Waals surface area contributed by atoms with Gasteiger partial charge in [0.05, 0.1) is 0 Å². The van der Waals surface area contributed by atoms with Crippen LogP contribution in [0.5, 0.6) is 11.5 Å². The van der Waals surface area contributed by atoms with Crippen LogP contribution in [0.25, 0.3) is 61.0 Å². The van der Waals surface area contributed by atoms with E-state index in [-0.39, 0.29) is 48.5 Å². The molecule has 0 atom stereocenters. The van der Waals surface area contributed by atoms with Crippen LogP contribution in [-0.4, -0.2) is 9.55 Å². The zero-order chi connectivity index (χ0) is 58.4. The molecule has 0 fully saturated rings. The van der Waals surface area contributed by atoms with Gasteiger partial charge in [-0.2, -0.15) is 6.07 Å². The van der Waals surface area contributed by atoms with E-state index in [1.165, 1.54) is 33.4 Å². The number of hydrogen-bond donors (Lipinski definition) is 0. The predicted molar refractivity (Wildman–Crippen MR) is 343 cm³/mol. The Morgan fingerprint density at radius 1 is 0.482 bits per heavy atom. The minimum absolute atomic E-state index is 0. The molecule has 2 aromatic heterocycles. The Bertz CT molecular complexity index is 4010. The molecule has 5 nitrogen and oxygen atoms in total. The van der Waals surface area contributed by atoms with Crippen LogP contribution in [0.3, 0.4) is 0 Å². The monoisotopic (exact) mass is 1280 g/mol. The van der Waals surface area contributed by atoms with Gasteiger partial charge in [-0.15, -0.1) is 53.6 Å². The second-order valence-corrected chi connectivity index (χ2v) is 27.3. The van der Waals surface area contributed by atoms with Crippen LogP contribution in [-0.2, 0) is 42.7 Å². The van der Waals surface area contributed by atoms with Crippen LogP contribution < -0.4 is 14.5 Å². The Labute approximate surface area is 507 Å². The van der Waals surface area contributed by atoms with Gasteiger partial charge in [-0.05, 0) is 144 Å². The number of aromatic nitrogens is 2. The summed E-state index contributed by atoms with van der Waals surface area (Å²) in [5.74, 6) is 2.30.